The Bertz CT molecular complexity index is 842. The number of imidazole rings is 1. The van der Waals surface area contributed by atoms with Crippen molar-refractivity contribution in [2.45, 2.75) is 27.0 Å². The molecule has 0 atom stereocenters. The number of benzene rings is 1. The fourth-order valence-corrected chi connectivity index (χ4v) is 2.24. The summed E-state index contributed by atoms with van der Waals surface area (Å²) in [5.74, 6) is 0.497. The zero-order valence-electron chi connectivity index (χ0n) is 13.7. The van der Waals surface area contributed by atoms with Gasteiger partial charge in [0.05, 0.1) is 35.2 Å². The van der Waals surface area contributed by atoms with Crippen LogP contribution in [-0.2, 0) is 22.7 Å². The molecule has 2 heterocycles. The third-order valence-corrected chi connectivity index (χ3v) is 3.46. The zero-order chi connectivity index (χ0) is 16.9. The lowest BCUT2D eigenvalue weighted by Gasteiger charge is -2.05. The van der Waals surface area contributed by atoms with E-state index < -0.39 is 0 Å². The molecule has 0 fully saturated rings. The number of amides is 1. The lowest BCUT2D eigenvalue weighted by molar-refractivity contribution is -0.126. The number of hydrogen-bond acceptors (Lipinski definition) is 5. The normalized spacial score (nSPS) is 10.9. The molecular weight excluding hydrogens is 306 g/mol. The Hall–Kier alpha value is -2.80. The van der Waals surface area contributed by atoms with Crippen LogP contribution in [0.25, 0.3) is 11.0 Å². The van der Waals surface area contributed by atoms with Gasteiger partial charge in [0, 0.05) is 6.20 Å². The Labute approximate surface area is 139 Å². The van der Waals surface area contributed by atoms with E-state index in [0.717, 1.165) is 22.3 Å². The Kier molecular flexibility index (Phi) is 4.81. The number of carbonyl (C=O) groups is 1. The van der Waals surface area contributed by atoms with E-state index in [1.807, 2.05) is 32.0 Å². The number of fused-ring (bicyclic) bond motifs is 1. The smallest absolute Gasteiger partial charge is 0.246 e. The van der Waals surface area contributed by atoms with E-state index in [-0.39, 0.29) is 19.1 Å². The number of rotatable bonds is 6. The molecular formula is C17H19N5O2. The molecule has 2 N–H and O–H groups in total. The fraction of sp³-hybridized carbons (Fsp3) is 0.294. The minimum Gasteiger partial charge on any atom is -0.364 e. The van der Waals surface area contributed by atoms with Gasteiger partial charge in [-0.2, -0.15) is 0 Å². The van der Waals surface area contributed by atoms with E-state index in [4.69, 9.17) is 4.74 Å². The molecule has 1 aromatic carbocycles. The highest BCUT2D eigenvalue weighted by atomic mass is 16.5. The molecule has 7 heteroatoms. The van der Waals surface area contributed by atoms with Crippen molar-refractivity contribution in [3.63, 3.8) is 0 Å². The highest BCUT2D eigenvalue weighted by molar-refractivity contribution is 5.77. The molecule has 124 valence electrons. The summed E-state index contributed by atoms with van der Waals surface area (Å²) in [5.41, 5.74) is 4.57. The lowest BCUT2D eigenvalue weighted by Crippen LogP contribution is -2.27. The number of nitrogens with zero attached hydrogens (tertiary/aromatic N) is 3. The highest BCUT2D eigenvalue weighted by Gasteiger charge is 2.06. The van der Waals surface area contributed by atoms with Crippen LogP contribution < -0.4 is 5.32 Å². The molecule has 24 heavy (non-hydrogen) atoms. The fourth-order valence-electron chi connectivity index (χ4n) is 2.24. The summed E-state index contributed by atoms with van der Waals surface area (Å²) in [6.07, 6.45) is 3.31. The van der Waals surface area contributed by atoms with Crippen LogP contribution in [0.4, 0.5) is 0 Å². The number of aryl methyl sites for hydroxylation is 2. The van der Waals surface area contributed by atoms with E-state index in [1.165, 1.54) is 0 Å². The first kappa shape index (κ1) is 16.1. The van der Waals surface area contributed by atoms with Gasteiger partial charge >= 0.3 is 0 Å². The van der Waals surface area contributed by atoms with Crippen molar-refractivity contribution >= 4 is 16.9 Å². The van der Waals surface area contributed by atoms with Crippen LogP contribution in [-0.4, -0.2) is 32.4 Å². The number of H-pyrrole nitrogens is 1. The summed E-state index contributed by atoms with van der Waals surface area (Å²) in [5, 5.41) is 2.74. The minimum atomic E-state index is -0.204. The number of aromatic amines is 1. The van der Waals surface area contributed by atoms with Crippen LogP contribution in [0.15, 0.2) is 30.6 Å². The van der Waals surface area contributed by atoms with E-state index in [2.05, 4.69) is 25.3 Å². The molecule has 0 radical (unpaired) electrons. The molecule has 0 unspecified atom stereocenters. The predicted octanol–water partition coefficient (Wildman–Crippen LogP) is 1.80. The SMILES string of the molecule is Cc1ccc2nc(COCC(=O)NCc3cnc(C)cn3)[nH]c2c1. The monoisotopic (exact) mass is 325 g/mol. The van der Waals surface area contributed by atoms with Crippen molar-refractivity contribution in [2.75, 3.05) is 6.61 Å². The summed E-state index contributed by atoms with van der Waals surface area (Å²) >= 11 is 0. The molecule has 3 aromatic rings. The van der Waals surface area contributed by atoms with E-state index in [9.17, 15) is 4.79 Å². The first-order valence-electron chi connectivity index (χ1n) is 7.67. The summed E-state index contributed by atoms with van der Waals surface area (Å²) in [6.45, 7) is 4.45. The molecule has 0 aliphatic rings. The van der Waals surface area contributed by atoms with Crippen LogP contribution >= 0.6 is 0 Å². The van der Waals surface area contributed by atoms with Gasteiger partial charge in [-0.15, -0.1) is 0 Å². The van der Waals surface area contributed by atoms with Crippen molar-refractivity contribution in [3.05, 3.63) is 53.4 Å². The number of aromatic nitrogens is 4. The largest absolute Gasteiger partial charge is 0.364 e. The van der Waals surface area contributed by atoms with Gasteiger partial charge < -0.3 is 15.0 Å². The second-order valence-electron chi connectivity index (χ2n) is 5.62. The molecule has 0 aliphatic heterocycles. The summed E-state index contributed by atoms with van der Waals surface area (Å²) in [6, 6.07) is 6.00. The van der Waals surface area contributed by atoms with Gasteiger partial charge in [0.1, 0.15) is 19.0 Å². The van der Waals surface area contributed by atoms with Crippen LogP contribution in [0, 0.1) is 13.8 Å². The number of carbonyl (C=O) groups excluding carboxylic acids is 1. The van der Waals surface area contributed by atoms with Gasteiger partial charge in [-0.05, 0) is 31.5 Å². The summed E-state index contributed by atoms with van der Waals surface area (Å²) < 4.78 is 5.41. The number of hydrogen-bond donors (Lipinski definition) is 2. The maximum Gasteiger partial charge on any atom is 0.246 e. The van der Waals surface area contributed by atoms with Crippen molar-refractivity contribution in [1.29, 1.82) is 0 Å². The Morgan fingerprint density at radius 1 is 1.25 bits per heavy atom. The third kappa shape index (κ3) is 4.14. The first-order valence-corrected chi connectivity index (χ1v) is 7.67. The van der Waals surface area contributed by atoms with Crippen LogP contribution in [0.2, 0.25) is 0 Å². The molecule has 0 bridgehead atoms. The first-order chi connectivity index (χ1) is 11.6. The van der Waals surface area contributed by atoms with Crippen molar-refractivity contribution in [2.24, 2.45) is 0 Å². The van der Waals surface area contributed by atoms with Crippen molar-refractivity contribution < 1.29 is 9.53 Å². The van der Waals surface area contributed by atoms with Crippen LogP contribution in [0.3, 0.4) is 0 Å². The third-order valence-electron chi connectivity index (χ3n) is 3.46. The van der Waals surface area contributed by atoms with Crippen molar-refractivity contribution in [1.82, 2.24) is 25.3 Å². The van der Waals surface area contributed by atoms with Gasteiger partial charge in [0.2, 0.25) is 5.91 Å². The number of nitrogens with one attached hydrogen (secondary N) is 2. The van der Waals surface area contributed by atoms with Gasteiger partial charge in [-0.1, -0.05) is 6.07 Å². The molecule has 0 spiro atoms. The van der Waals surface area contributed by atoms with Crippen molar-refractivity contribution in [3.8, 4) is 0 Å². The summed E-state index contributed by atoms with van der Waals surface area (Å²) in [4.78, 5) is 27.7. The topological polar surface area (TPSA) is 92.8 Å². The predicted molar refractivity (Wildman–Crippen MR) is 89.1 cm³/mol. The molecule has 3 rings (SSSR count). The highest BCUT2D eigenvalue weighted by Crippen LogP contribution is 2.13. The Morgan fingerprint density at radius 2 is 2.12 bits per heavy atom. The van der Waals surface area contributed by atoms with Gasteiger partial charge in [-0.25, -0.2) is 4.98 Å². The molecule has 7 nitrogen and oxygen atoms in total. The maximum absolute atomic E-state index is 11.8. The van der Waals surface area contributed by atoms with Crippen LogP contribution in [0.5, 0.6) is 0 Å². The number of ether oxygens (including phenoxy) is 1. The van der Waals surface area contributed by atoms with Gasteiger partial charge in [-0.3, -0.25) is 14.8 Å². The average molecular weight is 325 g/mol. The maximum atomic E-state index is 11.8. The molecule has 1 amide bonds. The van der Waals surface area contributed by atoms with E-state index in [0.29, 0.717) is 18.1 Å². The summed E-state index contributed by atoms with van der Waals surface area (Å²) in [7, 11) is 0. The van der Waals surface area contributed by atoms with Gasteiger partial charge in [0.25, 0.3) is 0 Å². The Balaban J connectivity index is 1.44. The minimum absolute atomic E-state index is 0.0324. The second kappa shape index (κ2) is 7.18. The average Bonchev–Trinajstić information content (AvgIpc) is 2.96. The quantitative estimate of drug-likeness (QED) is 0.721. The Morgan fingerprint density at radius 3 is 2.92 bits per heavy atom. The second-order valence-corrected chi connectivity index (χ2v) is 5.62. The standard InChI is InChI=1S/C17H19N5O2/c1-11-3-4-14-15(5-11)22-16(21-14)9-24-10-17(23)20-8-13-7-18-12(2)6-19-13/h3-7H,8-10H2,1-2H3,(H,20,23)(H,21,22). The molecule has 0 aliphatic carbocycles. The zero-order valence-corrected chi connectivity index (χ0v) is 13.7. The van der Waals surface area contributed by atoms with Gasteiger partial charge in [0.15, 0.2) is 0 Å². The molecule has 0 saturated heterocycles. The molecule has 0 saturated carbocycles. The lowest BCUT2D eigenvalue weighted by atomic mass is 10.2. The van der Waals surface area contributed by atoms with E-state index in [1.54, 1.807) is 12.4 Å². The molecule has 2 aromatic heterocycles. The van der Waals surface area contributed by atoms with Crippen LogP contribution in [0.1, 0.15) is 22.8 Å². The van der Waals surface area contributed by atoms with E-state index >= 15 is 0 Å².